The van der Waals surface area contributed by atoms with Crippen molar-refractivity contribution in [1.82, 2.24) is 14.8 Å². The molecule has 2 heterocycles. The van der Waals surface area contributed by atoms with Gasteiger partial charge in [-0.3, -0.25) is 9.48 Å². The first kappa shape index (κ1) is 18.0. The summed E-state index contributed by atoms with van der Waals surface area (Å²) in [6.07, 6.45) is 3.62. The van der Waals surface area contributed by atoms with E-state index in [9.17, 15) is 9.90 Å². The van der Waals surface area contributed by atoms with Gasteiger partial charge >= 0.3 is 0 Å². The fourth-order valence-corrected chi connectivity index (χ4v) is 3.15. The summed E-state index contributed by atoms with van der Waals surface area (Å²) in [6.45, 7) is 2.75. The van der Waals surface area contributed by atoms with Crippen LogP contribution in [-0.4, -0.2) is 25.8 Å². The maximum Gasteiger partial charge on any atom is 0.256 e. The summed E-state index contributed by atoms with van der Waals surface area (Å²) < 4.78 is 1.80. The van der Waals surface area contributed by atoms with Crippen LogP contribution in [0.15, 0.2) is 60.9 Å². The number of anilines is 1. The number of fused-ring (bicyclic) bond motifs is 1. The van der Waals surface area contributed by atoms with Gasteiger partial charge in [-0.2, -0.15) is 5.10 Å². The average Bonchev–Trinajstić information content (AvgIpc) is 3.19. The smallest absolute Gasteiger partial charge is 0.256 e. The van der Waals surface area contributed by atoms with Crippen molar-refractivity contribution < 1.29 is 9.90 Å². The number of phenols is 1. The fourth-order valence-electron chi connectivity index (χ4n) is 2.98. The number of rotatable bonds is 4. The molecule has 140 valence electrons. The molecule has 2 N–H and O–H groups in total. The highest BCUT2D eigenvalue weighted by molar-refractivity contribution is 6.31. The zero-order chi connectivity index (χ0) is 19.7. The number of benzene rings is 2. The Balaban J connectivity index is 1.80. The maximum absolute atomic E-state index is 13.0. The number of pyridine rings is 1. The van der Waals surface area contributed by atoms with Crippen LogP contribution >= 0.6 is 11.6 Å². The third-order valence-corrected chi connectivity index (χ3v) is 4.66. The van der Waals surface area contributed by atoms with Crippen molar-refractivity contribution in [2.75, 3.05) is 5.32 Å². The Hall–Kier alpha value is -3.38. The van der Waals surface area contributed by atoms with Crippen LogP contribution in [0.2, 0.25) is 5.02 Å². The molecule has 7 heteroatoms. The minimum absolute atomic E-state index is 0.0550. The molecular formula is C21H17ClN4O2. The highest BCUT2D eigenvalue weighted by Crippen LogP contribution is 2.29. The zero-order valence-corrected chi connectivity index (χ0v) is 15.8. The topological polar surface area (TPSA) is 80.0 Å². The normalized spacial score (nSPS) is 10.9. The van der Waals surface area contributed by atoms with Gasteiger partial charge in [0.1, 0.15) is 5.75 Å². The molecule has 28 heavy (non-hydrogen) atoms. The van der Waals surface area contributed by atoms with Crippen LogP contribution in [0.1, 0.15) is 17.3 Å². The number of halogens is 1. The van der Waals surface area contributed by atoms with E-state index in [0.717, 1.165) is 12.1 Å². The summed E-state index contributed by atoms with van der Waals surface area (Å²) >= 11 is 5.98. The van der Waals surface area contributed by atoms with Crippen LogP contribution in [-0.2, 0) is 6.54 Å². The van der Waals surface area contributed by atoms with Gasteiger partial charge in [0.2, 0.25) is 0 Å². The Bertz CT molecular complexity index is 1190. The molecule has 6 nitrogen and oxygen atoms in total. The number of carbonyl (C=O) groups is 1. The molecule has 4 rings (SSSR count). The number of nitrogens with one attached hydrogen (secondary N) is 1. The molecule has 0 bridgehead atoms. The molecular weight excluding hydrogens is 376 g/mol. The molecule has 0 aliphatic carbocycles. The Morgan fingerprint density at radius 1 is 1.21 bits per heavy atom. The Kier molecular flexibility index (Phi) is 4.71. The number of aromatic hydroxyl groups is 1. The molecule has 0 saturated heterocycles. The van der Waals surface area contributed by atoms with Gasteiger partial charge in [0.25, 0.3) is 5.91 Å². The highest BCUT2D eigenvalue weighted by Gasteiger charge is 2.16. The van der Waals surface area contributed by atoms with E-state index < -0.39 is 0 Å². The van der Waals surface area contributed by atoms with E-state index in [0.29, 0.717) is 27.2 Å². The van der Waals surface area contributed by atoms with Gasteiger partial charge in [0.15, 0.2) is 0 Å². The quantitative estimate of drug-likeness (QED) is 0.492. The van der Waals surface area contributed by atoms with E-state index >= 15 is 0 Å². The lowest BCUT2D eigenvalue weighted by molar-refractivity contribution is 0.102. The lowest BCUT2D eigenvalue weighted by Gasteiger charge is -2.11. The molecule has 0 fully saturated rings. The van der Waals surface area contributed by atoms with Crippen molar-refractivity contribution in [1.29, 1.82) is 0 Å². The van der Waals surface area contributed by atoms with Crippen LogP contribution in [0, 0.1) is 0 Å². The molecule has 1 amide bonds. The third kappa shape index (κ3) is 3.42. The number of carbonyl (C=O) groups excluding carboxylic acids is 1. The minimum atomic E-state index is -0.361. The first-order valence-corrected chi connectivity index (χ1v) is 9.15. The summed E-state index contributed by atoms with van der Waals surface area (Å²) in [6, 6.07) is 13.7. The summed E-state index contributed by atoms with van der Waals surface area (Å²) in [5.74, 6) is -0.416. The number of amides is 1. The van der Waals surface area contributed by atoms with Crippen molar-refractivity contribution in [3.8, 4) is 17.0 Å². The van der Waals surface area contributed by atoms with Gasteiger partial charge in [-0.05, 0) is 37.3 Å². The molecule has 0 unspecified atom stereocenters. The summed E-state index contributed by atoms with van der Waals surface area (Å²) in [5.41, 5.74) is 2.87. The van der Waals surface area contributed by atoms with Crippen molar-refractivity contribution in [2.45, 2.75) is 13.5 Å². The van der Waals surface area contributed by atoms with E-state index in [4.69, 9.17) is 11.6 Å². The average molecular weight is 393 g/mol. The SMILES string of the molecule is CCn1cc(-c2cc(C(=O)Nc3cc(Cl)ccc3O)c3ccccc3n2)cn1. The summed E-state index contributed by atoms with van der Waals surface area (Å²) in [7, 11) is 0. The Morgan fingerprint density at radius 2 is 2.04 bits per heavy atom. The zero-order valence-electron chi connectivity index (χ0n) is 15.1. The van der Waals surface area contributed by atoms with Gasteiger partial charge in [-0.25, -0.2) is 4.98 Å². The van der Waals surface area contributed by atoms with E-state index in [1.807, 2.05) is 37.4 Å². The number of aromatic nitrogens is 3. The lowest BCUT2D eigenvalue weighted by atomic mass is 10.0. The van der Waals surface area contributed by atoms with Crippen molar-refractivity contribution in [2.24, 2.45) is 0 Å². The second-order valence-corrected chi connectivity index (χ2v) is 6.71. The van der Waals surface area contributed by atoms with Crippen LogP contribution in [0.25, 0.3) is 22.2 Å². The van der Waals surface area contributed by atoms with Gasteiger partial charge in [-0.1, -0.05) is 29.8 Å². The van der Waals surface area contributed by atoms with E-state index in [1.54, 1.807) is 23.0 Å². The number of phenolic OH excluding ortho intramolecular Hbond substituents is 1. The molecule has 0 atom stereocenters. The first-order chi connectivity index (χ1) is 13.5. The monoisotopic (exact) mass is 392 g/mol. The van der Waals surface area contributed by atoms with Gasteiger partial charge in [0, 0.05) is 28.7 Å². The van der Waals surface area contributed by atoms with Gasteiger partial charge < -0.3 is 10.4 Å². The molecule has 0 saturated carbocycles. The predicted octanol–water partition coefficient (Wildman–Crippen LogP) is 4.73. The van der Waals surface area contributed by atoms with E-state index in [1.165, 1.54) is 12.1 Å². The lowest BCUT2D eigenvalue weighted by Crippen LogP contribution is -2.13. The van der Waals surface area contributed by atoms with Crippen LogP contribution in [0.5, 0.6) is 5.75 Å². The second kappa shape index (κ2) is 7.32. The van der Waals surface area contributed by atoms with Crippen molar-refractivity contribution in [3.63, 3.8) is 0 Å². The van der Waals surface area contributed by atoms with E-state index in [-0.39, 0.29) is 17.3 Å². The van der Waals surface area contributed by atoms with Crippen molar-refractivity contribution >= 4 is 34.1 Å². The molecule has 2 aromatic carbocycles. The number of hydrogen-bond acceptors (Lipinski definition) is 4. The largest absolute Gasteiger partial charge is 0.506 e. The molecule has 4 aromatic rings. The molecule has 0 aliphatic heterocycles. The fraction of sp³-hybridized carbons (Fsp3) is 0.0952. The predicted molar refractivity (Wildman–Crippen MR) is 110 cm³/mol. The molecule has 0 spiro atoms. The van der Waals surface area contributed by atoms with E-state index in [2.05, 4.69) is 15.4 Å². The molecule has 0 aliphatic rings. The second-order valence-electron chi connectivity index (χ2n) is 6.27. The maximum atomic E-state index is 13.0. The summed E-state index contributed by atoms with van der Waals surface area (Å²) in [4.78, 5) is 17.7. The number of nitrogens with zero attached hydrogens (tertiary/aromatic N) is 3. The number of para-hydroxylation sites is 1. The first-order valence-electron chi connectivity index (χ1n) is 8.77. The standard InChI is InChI=1S/C21H17ClN4O2/c1-2-26-12-13(11-23-26)18-10-16(15-5-3-4-6-17(15)24-18)21(28)25-19-9-14(22)7-8-20(19)27/h3-12,27H,2H2,1H3,(H,25,28). The molecule has 2 aromatic heterocycles. The van der Waals surface area contributed by atoms with Crippen LogP contribution in [0.3, 0.4) is 0 Å². The highest BCUT2D eigenvalue weighted by atomic mass is 35.5. The van der Waals surface area contributed by atoms with Gasteiger partial charge in [-0.15, -0.1) is 0 Å². The number of aryl methyl sites for hydroxylation is 1. The minimum Gasteiger partial charge on any atom is -0.506 e. The van der Waals surface area contributed by atoms with Crippen LogP contribution in [0.4, 0.5) is 5.69 Å². The third-order valence-electron chi connectivity index (χ3n) is 4.42. The van der Waals surface area contributed by atoms with Gasteiger partial charge in [0.05, 0.1) is 28.7 Å². The van der Waals surface area contributed by atoms with Crippen molar-refractivity contribution in [3.05, 3.63) is 71.5 Å². The Labute approximate surface area is 166 Å². The summed E-state index contributed by atoms with van der Waals surface area (Å²) in [5, 5.41) is 18.2. The van der Waals surface area contributed by atoms with Crippen LogP contribution < -0.4 is 5.32 Å². The Morgan fingerprint density at radius 3 is 2.82 bits per heavy atom. The number of hydrogen-bond donors (Lipinski definition) is 2. The molecule has 0 radical (unpaired) electrons.